The van der Waals surface area contributed by atoms with Gasteiger partial charge in [0.1, 0.15) is 11.1 Å². The first kappa shape index (κ1) is 19.3. The van der Waals surface area contributed by atoms with Crippen LogP contribution in [0.15, 0.2) is 57.2 Å². The standard InChI is InChI=1S/C22H17N3O5S/c1-3-29-15-9-8-12(10-16(15)28-2)18-17-19(26)13-6-4-5-7-14(13)30-20(17)21(27)25(18)22-24-23-11-31-22/h4-11,18H,3H2,1-2H3. The van der Waals surface area contributed by atoms with E-state index in [-0.39, 0.29) is 16.8 Å². The molecule has 0 aliphatic carbocycles. The van der Waals surface area contributed by atoms with Crippen molar-refractivity contribution in [3.63, 3.8) is 0 Å². The third kappa shape index (κ3) is 2.97. The first-order valence-corrected chi connectivity index (χ1v) is 10.5. The molecule has 1 aliphatic rings. The van der Waals surface area contributed by atoms with Crippen molar-refractivity contribution in [1.29, 1.82) is 0 Å². The minimum Gasteiger partial charge on any atom is -0.493 e. The number of anilines is 1. The van der Waals surface area contributed by atoms with Gasteiger partial charge in [-0.2, -0.15) is 0 Å². The molecule has 4 aromatic rings. The van der Waals surface area contributed by atoms with Crippen LogP contribution < -0.4 is 19.8 Å². The number of carbonyl (C=O) groups excluding carboxylic acids is 1. The highest BCUT2D eigenvalue weighted by molar-refractivity contribution is 7.13. The number of benzene rings is 2. The highest BCUT2D eigenvalue weighted by Crippen LogP contribution is 2.43. The van der Waals surface area contributed by atoms with Crippen molar-refractivity contribution in [2.24, 2.45) is 0 Å². The molecule has 2 aromatic carbocycles. The van der Waals surface area contributed by atoms with E-state index in [1.807, 2.05) is 13.0 Å². The molecule has 0 bridgehead atoms. The highest BCUT2D eigenvalue weighted by atomic mass is 32.1. The molecule has 9 heteroatoms. The van der Waals surface area contributed by atoms with Crippen molar-refractivity contribution < 1.29 is 18.7 Å². The van der Waals surface area contributed by atoms with Gasteiger partial charge in [0, 0.05) is 0 Å². The summed E-state index contributed by atoms with van der Waals surface area (Å²) in [5.41, 5.74) is 2.58. The van der Waals surface area contributed by atoms with E-state index >= 15 is 0 Å². The van der Waals surface area contributed by atoms with Crippen molar-refractivity contribution in [1.82, 2.24) is 10.2 Å². The Kier molecular flexibility index (Phi) is 4.67. The van der Waals surface area contributed by atoms with E-state index in [1.54, 1.807) is 43.5 Å². The zero-order chi connectivity index (χ0) is 21.5. The summed E-state index contributed by atoms with van der Waals surface area (Å²) in [4.78, 5) is 28.3. The molecule has 1 atom stereocenters. The molecule has 1 unspecified atom stereocenters. The predicted octanol–water partition coefficient (Wildman–Crippen LogP) is 3.80. The average Bonchev–Trinajstić information content (AvgIpc) is 3.41. The summed E-state index contributed by atoms with van der Waals surface area (Å²) < 4.78 is 17.0. The number of para-hydroxylation sites is 1. The molecular weight excluding hydrogens is 418 g/mol. The van der Waals surface area contributed by atoms with Crippen LogP contribution in [0.4, 0.5) is 5.13 Å². The van der Waals surface area contributed by atoms with Gasteiger partial charge in [-0.3, -0.25) is 14.5 Å². The van der Waals surface area contributed by atoms with E-state index in [2.05, 4.69) is 10.2 Å². The van der Waals surface area contributed by atoms with E-state index in [4.69, 9.17) is 13.9 Å². The van der Waals surface area contributed by atoms with E-state index in [1.165, 1.54) is 21.7 Å². The van der Waals surface area contributed by atoms with Gasteiger partial charge in [0.25, 0.3) is 5.91 Å². The number of rotatable bonds is 5. The molecule has 0 N–H and O–H groups in total. The minimum atomic E-state index is -0.735. The summed E-state index contributed by atoms with van der Waals surface area (Å²) in [6, 6.07) is 11.5. The first-order chi connectivity index (χ1) is 15.1. The summed E-state index contributed by atoms with van der Waals surface area (Å²) >= 11 is 1.21. The number of hydrogen-bond donors (Lipinski definition) is 0. The summed E-state index contributed by atoms with van der Waals surface area (Å²) in [5, 5.41) is 8.72. The fourth-order valence-electron chi connectivity index (χ4n) is 3.83. The van der Waals surface area contributed by atoms with E-state index < -0.39 is 11.9 Å². The Morgan fingerprint density at radius 1 is 1.16 bits per heavy atom. The normalized spacial score (nSPS) is 15.4. The second-order valence-electron chi connectivity index (χ2n) is 6.81. The Bertz CT molecular complexity index is 1350. The first-order valence-electron chi connectivity index (χ1n) is 9.60. The number of methoxy groups -OCH3 is 1. The maximum atomic E-state index is 13.5. The molecule has 0 saturated carbocycles. The Balaban J connectivity index is 1.77. The van der Waals surface area contributed by atoms with Gasteiger partial charge in [-0.05, 0) is 36.8 Å². The zero-order valence-corrected chi connectivity index (χ0v) is 17.5. The van der Waals surface area contributed by atoms with Gasteiger partial charge in [0.2, 0.25) is 10.9 Å². The summed E-state index contributed by atoms with van der Waals surface area (Å²) in [6.45, 7) is 2.36. The SMILES string of the molecule is CCOc1ccc(C2c3c(oc4ccccc4c3=O)C(=O)N2c2nncs2)cc1OC. The van der Waals surface area contributed by atoms with Crippen LogP contribution in [-0.2, 0) is 0 Å². The van der Waals surface area contributed by atoms with Crippen molar-refractivity contribution in [2.75, 3.05) is 18.6 Å². The van der Waals surface area contributed by atoms with Gasteiger partial charge in [-0.25, -0.2) is 0 Å². The van der Waals surface area contributed by atoms with Crippen LogP contribution in [0.5, 0.6) is 11.5 Å². The molecule has 0 saturated heterocycles. The Labute approximate surface area is 180 Å². The van der Waals surface area contributed by atoms with Crippen LogP contribution in [0, 0.1) is 0 Å². The molecule has 2 aromatic heterocycles. The number of fused-ring (bicyclic) bond motifs is 2. The fraction of sp³-hybridized carbons (Fsp3) is 0.182. The lowest BCUT2D eigenvalue weighted by Crippen LogP contribution is -2.29. The summed E-state index contributed by atoms with van der Waals surface area (Å²) in [6.07, 6.45) is 0. The monoisotopic (exact) mass is 435 g/mol. The van der Waals surface area contributed by atoms with E-state index in [0.717, 1.165) is 0 Å². The number of nitrogens with zero attached hydrogens (tertiary/aromatic N) is 3. The van der Waals surface area contributed by atoms with Crippen LogP contribution in [0.25, 0.3) is 11.0 Å². The lowest BCUT2D eigenvalue weighted by molar-refractivity contribution is 0.0970. The van der Waals surface area contributed by atoms with Crippen molar-refractivity contribution in [2.45, 2.75) is 13.0 Å². The van der Waals surface area contributed by atoms with Crippen LogP contribution in [-0.4, -0.2) is 29.8 Å². The fourth-order valence-corrected chi connectivity index (χ4v) is 4.42. The minimum absolute atomic E-state index is 0.0109. The second kappa shape index (κ2) is 7.51. The second-order valence-corrected chi connectivity index (χ2v) is 7.62. The molecule has 0 radical (unpaired) electrons. The van der Waals surface area contributed by atoms with Crippen molar-refractivity contribution in [3.8, 4) is 11.5 Å². The van der Waals surface area contributed by atoms with Gasteiger partial charge in [-0.15, -0.1) is 10.2 Å². The number of carbonyl (C=O) groups is 1. The lowest BCUT2D eigenvalue weighted by Gasteiger charge is -2.23. The number of aromatic nitrogens is 2. The molecular formula is C22H17N3O5S. The number of hydrogen-bond acceptors (Lipinski definition) is 8. The third-order valence-corrected chi connectivity index (χ3v) is 5.82. The molecule has 156 valence electrons. The molecule has 0 spiro atoms. The molecule has 1 aliphatic heterocycles. The average molecular weight is 435 g/mol. The van der Waals surface area contributed by atoms with Crippen molar-refractivity contribution in [3.05, 3.63) is 75.1 Å². The lowest BCUT2D eigenvalue weighted by atomic mass is 9.98. The third-order valence-electron chi connectivity index (χ3n) is 5.14. The molecule has 31 heavy (non-hydrogen) atoms. The van der Waals surface area contributed by atoms with E-state index in [0.29, 0.717) is 39.8 Å². The van der Waals surface area contributed by atoms with Crippen LogP contribution in [0.2, 0.25) is 0 Å². The highest BCUT2D eigenvalue weighted by Gasteiger charge is 2.45. The molecule has 1 amide bonds. The number of ether oxygens (including phenoxy) is 2. The predicted molar refractivity (Wildman–Crippen MR) is 115 cm³/mol. The van der Waals surface area contributed by atoms with Gasteiger partial charge in [-0.1, -0.05) is 29.5 Å². The molecule has 8 nitrogen and oxygen atoms in total. The maximum absolute atomic E-state index is 13.5. The molecule has 0 fully saturated rings. The van der Waals surface area contributed by atoms with Gasteiger partial charge in [0.15, 0.2) is 16.9 Å². The van der Waals surface area contributed by atoms with Gasteiger partial charge >= 0.3 is 0 Å². The Morgan fingerprint density at radius 3 is 2.74 bits per heavy atom. The Morgan fingerprint density at radius 2 is 2.00 bits per heavy atom. The molecule has 5 rings (SSSR count). The smallest absolute Gasteiger partial charge is 0.297 e. The molecule has 3 heterocycles. The van der Waals surface area contributed by atoms with Crippen LogP contribution in [0.3, 0.4) is 0 Å². The zero-order valence-electron chi connectivity index (χ0n) is 16.7. The van der Waals surface area contributed by atoms with Gasteiger partial charge in [0.05, 0.1) is 30.7 Å². The maximum Gasteiger partial charge on any atom is 0.297 e. The largest absolute Gasteiger partial charge is 0.493 e. The van der Waals surface area contributed by atoms with Crippen LogP contribution in [0.1, 0.15) is 34.6 Å². The summed E-state index contributed by atoms with van der Waals surface area (Å²) in [7, 11) is 1.54. The quantitative estimate of drug-likeness (QED) is 0.470. The Hall–Kier alpha value is -3.72. The topological polar surface area (TPSA) is 94.8 Å². The van der Waals surface area contributed by atoms with Crippen molar-refractivity contribution >= 4 is 33.3 Å². The van der Waals surface area contributed by atoms with Gasteiger partial charge < -0.3 is 13.9 Å². The number of amides is 1. The van der Waals surface area contributed by atoms with Crippen LogP contribution >= 0.6 is 11.3 Å². The van der Waals surface area contributed by atoms with E-state index in [9.17, 15) is 9.59 Å². The summed E-state index contributed by atoms with van der Waals surface area (Å²) in [5.74, 6) is 0.651.